The average molecular weight is 264 g/mol. The zero-order valence-electron chi connectivity index (χ0n) is 11.5. The van der Waals surface area contributed by atoms with Gasteiger partial charge in [0.1, 0.15) is 0 Å². The predicted octanol–water partition coefficient (Wildman–Crippen LogP) is 0.903. The maximum atomic E-state index is 11.7. The lowest BCUT2D eigenvalue weighted by Crippen LogP contribution is -2.33. The fraction of sp³-hybridized carbons (Fsp3) is 0.500. The Morgan fingerprint density at radius 3 is 2.68 bits per heavy atom. The molecule has 0 saturated carbocycles. The second-order valence-corrected chi connectivity index (χ2v) is 5.05. The van der Waals surface area contributed by atoms with Gasteiger partial charge in [0.2, 0.25) is 0 Å². The summed E-state index contributed by atoms with van der Waals surface area (Å²) >= 11 is 0. The summed E-state index contributed by atoms with van der Waals surface area (Å²) in [6.45, 7) is 4.71. The number of carbonyl (C=O) groups excluding carboxylic acids is 1. The van der Waals surface area contributed by atoms with Gasteiger partial charge < -0.3 is 20.0 Å². The fourth-order valence-electron chi connectivity index (χ4n) is 2.46. The SMILES string of the molecule is CC(C)N(CCO)c1ccc2c(c1)N(C)C(=O)C2O. The van der Waals surface area contributed by atoms with E-state index in [0.29, 0.717) is 12.1 Å². The zero-order valence-corrected chi connectivity index (χ0v) is 11.5. The van der Waals surface area contributed by atoms with Crippen molar-refractivity contribution in [2.45, 2.75) is 26.0 Å². The van der Waals surface area contributed by atoms with Crippen LogP contribution in [0.4, 0.5) is 11.4 Å². The number of aliphatic hydroxyl groups is 2. The number of hydrogen-bond acceptors (Lipinski definition) is 4. The van der Waals surface area contributed by atoms with Crippen molar-refractivity contribution >= 4 is 17.3 Å². The van der Waals surface area contributed by atoms with Crippen molar-refractivity contribution in [3.8, 4) is 0 Å². The van der Waals surface area contributed by atoms with E-state index in [-0.39, 0.29) is 18.6 Å². The first kappa shape index (κ1) is 13.8. The van der Waals surface area contributed by atoms with Gasteiger partial charge in [-0.2, -0.15) is 0 Å². The van der Waals surface area contributed by atoms with Crippen LogP contribution >= 0.6 is 0 Å². The molecule has 0 radical (unpaired) electrons. The van der Waals surface area contributed by atoms with Gasteiger partial charge in [-0.25, -0.2) is 0 Å². The molecule has 0 aliphatic carbocycles. The fourth-order valence-corrected chi connectivity index (χ4v) is 2.46. The van der Waals surface area contributed by atoms with Gasteiger partial charge >= 0.3 is 0 Å². The minimum Gasteiger partial charge on any atom is -0.395 e. The van der Waals surface area contributed by atoms with Crippen molar-refractivity contribution in [2.24, 2.45) is 0 Å². The summed E-state index contributed by atoms with van der Waals surface area (Å²) in [7, 11) is 1.66. The van der Waals surface area contributed by atoms with E-state index in [1.807, 2.05) is 26.0 Å². The van der Waals surface area contributed by atoms with Crippen LogP contribution in [0.2, 0.25) is 0 Å². The van der Waals surface area contributed by atoms with Crippen LogP contribution in [-0.2, 0) is 4.79 Å². The minimum absolute atomic E-state index is 0.0761. The van der Waals surface area contributed by atoms with Crippen LogP contribution < -0.4 is 9.80 Å². The molecule has 1 amide bonds. The average Bonchev–Trinajstić information content (AvgIpc) is 2.60. The first-order valence-electron chi connectivity index (χ1n) is 6.44. The quantitative estimate of drug-likeness (QED) is 0.848. The van der Waals surface area contributed by atoms with Crippen LogP contribution in [0.15, 0.2) is 18.2 Å². The number of amides is 1. The second-order valence-electron chi connectivity index (χ2n) is 5.05. The van der Waals surface area contributed by atoms with Crippen molar-refractivity contribution in [1.82, 2.24) is 0 Å². The highest BCUT2D eigenvalue weighted by atomic mass is 16.3. The van der Waals surface area contributed by atoms with E-state index in [9.17, 15) is 9.90 Å². The third-order valence-electron chi connectivity index (χ3n) is 3.53. The molecular formula is C14H20N2O3. The van der Waals surface area contributed by atoms with Gasteiger partial charge in [0.15, 0.2) is 6.10 Å². The molecule has 2 N–H and O–H groups in total. The molecule has 1 aliphatic heterocycles. The second kappa shape index (κ2) is 5.19. The summed E-state index contributed by atoms with van der Waals surface area (Å²) in [5, 5.41) is 18.9. The highest BCUT2D eigenvalue weighted by Crippen LogP contribution is 2.37. The third-order valence-corrected chi connectivity index (χ3v) is 3.53. The summed E-state index contributed by atoms with van der Waals surface area (Å²) in [4.78, 5) is 15.3. The molecule has 1 heterocycles. The largest absolute Gasteiger partial charge is 0.395 e. The highest BCUT2D eigenvalue weighted by Gasteiger charge is 2.33. The third kappa shape index (κ3) is 2.31. The molecule has 0 saturated heterocycles. The Bertz CT molecular complexity index is 488. The maximum absolute atomic E-state index is 11.7. The van der Waals surface area contributed by atoms with Crippen LogP contribution in [0.25, 0.3) is 0 Å². The van der Waals surface area contributed by atoms with Crippen LogP contribution in [0.1, 0.15) is 25.5 Å². The number of anilines is 2. The van der Waals surface area contributed by atoms with Crippen molar-refractivity contribution in [1.29, 1.82) is 0 Å². The number of nitrogens with zero attached hydrogens (tertiary/aromatic N) is 2. The number of fused-ring (bicyclic) bond motifs is 1. The molecule has 1 aliphatic rings. The Hall–Kier alpha value is -1.59. The van der Waals surface area contributed by atoms with Crippen LogP contribution in [-0.4, -0.2) is 42.4 Å². The molecule has 0 aromatic heterocycles. The Morgan fingerprint density at radius 2 is 2.11 bits per heavy atom. The van der Waals surface area contributed by atoms with Crippen molar-refractivity contribution in [3.05, 3.63) is 23.8 Å². The smallest absolute Gasteiger partial charge is 0.260 e. The molecule has 2 rings (SSSR count). The summed E-state index contributed by atoms with van der Waals surface area (Å²) in [6.07, 6.45) is -1.06. The van der Waals surface area contributed by atoms with E-state index in [1.165, 1.54) is 4.90 Å². The molecule has 1 atom stereocenters. The van der Waals surface area contributed by atoms with E-state index in [1.54, 1.807) is 13.1 Å². The first-order valence-corrected chi connectivity index (χ1v) is 6.44. The van der Waals surface area contributed by atoms with Gasteiger partial charge in [-0.1, -0.05) is 6.07 Å². The number of carbonyl (C=O) groups is 1. The highest BCUT2D eigenvalue weighted by molar-refractivity contribution is 6.03. The molecule has 1 unspecified atom stereocenters. The van der Waals surface area contributed by atoms with Crippen LogP contribution in [0, 0.1) is 0 Å². The Kier molecular flexibility index (Phi) is 3.78. The zero-order chi connectivity index (χ0) is 14.2. The van der Waals surface area contributed by atoms with Gasteiger partial charge in [0, 0.05) is 30.9 Å². The van der Waals surface area contributed by atoms with E-state index in [4.69, 9.17) is 5.11 Å². The normalized spacial score (nSPS) is 18.1. The maximum Gasteiger partial charge on any atom is 0.260 e. The molecule has 1 aromatic rings. The number of aliphatic hydroxyl groups excluding tert-OH is 2. The van der Waals surface area contributed by atoms with E-state index in [0.717, 1.165) is 11.4 Å². The lowest BCUT2D eigenvalue weighted by Gasteiger charge is -2.29. The first-order chi connectivity index (χ1) is 8.97. The molecule has 0 bridgehead atoms. The van der Waals surface area contributed by atoms with Crippen molar-refractivity contribution in [3.63, 3.8) is 0 Å². The standard InChI is InChI=1S/C14H20N2O3/c1-9(2)16(6-7-17)10-4-5-11-12(8-10)15(3)14(19)13(11)18/h4-5,8-9,13,17-18H,6-7H2,1-3H3. The van der Waals surface area contributed by atoms with Gasteiger partial charge in [-0.3, -0.25) is 4.79 Å². The molecular weight excluding hydrogens is 244 g/mol. The number of rotatable bonds is 4. The lowest BCUT2D eigenvalue weighted by atomic mass is 10.1. The van der Waals surface area contributed by atoms with Crippen LogP contribution in [0.3, 0.4) is 0 Å². The van der Waals surface area contributed by atoms with Gasteiger partial charge in [0.05, 0.1) is 12.3 Å². The summed E-state index contributed by atoms with van der Waals surface area (Å²) in [6, 6.07) is 5.80. The van der Waals surface area contributed by atoms with Gasteiger partial charge in [-0.15, -0.1) is 0 Å². The van der Waals surface area contributed by atoms with Gasteiger partial charge in [-0.05, 0) is 26.0 Å². The number of hydrogen-bond donors (Lipinski definition) is 2. The lowest BCUT2D eigenvalue weighted by molar-refractivity contribution is -0.125. The molecule has 104 valence electrons. The number of likely N-dealkylation sites (N-methyl/N-ethyl adjacent to an activating group) is 1. The molecule has 19 heavy (non-hydrogen) atoms. The molecule has 0 fully saturated rings. The predicted molar refractivity (Wildman–Crippen MR) is 74.4 cm³/mol. The molecule has 5 heteroatoms. The summed E-state index contributed by atoms with van der Waals surface area (Å²) in [5.74, 6) is -0.301. The molecule has 0 spiro atoms. The minimum atomic E-state index is -1.06. The summed E-state index contributed by atoms with van der Waals surface area (Å²) in [5.41, 5.74) is 2.32. The van der Waals surface area contributed by atoms with Crippen LogP contribution in [0.5, 0.6) is 0 Å². The van der Waals surface area contributed by atoms with E-state index < -0.39 is 6.10 Å². The van der Waals surface area contributed by atoms with Crippen molar-refractivity contribution in [2.75, 3.05) is 30.0 Å². The Morgan fingerprint density at radius 1 is 1.42 bits per heavy atom. The summed E-state index contributed by atoms with van der Waals surface area (Å²) < 4.78 is 0. The molecule has 1 aromatic carbocycles. The number of benzene rings is 1. The van der Waals surface area contributed by atoms with E-state index in [2.05, 4.69) is 4.90 Å². The topological polar surface area (TPSA) is 64.0 Å². The molecule has 5 nitrogen and oxygen atoms in total. The van der Waals surface area contributed by atoms with E-state index >= 15 is 0 Å². The van der Waals surface area contributed by atoms with Gasteiger partial charge in [0.25, 0.3) is 5.91 Å². The monoisotopic (exact) mass is 264 g/mol. The Labute approximate surface area is 113 Å². The Balaban J connectivity index is 2.39. The van der Waals surface area contributed by atoms with Crippen molar-refractivity contribution < 1.29 is 15.0 Å².